The molecule has 0 spiro atoms. The summed E-state index contributed by atoms with van der Waals surface area (Å²) in [7, 11) is 0. The SMILES string of the molecule is NC(N)=NC1=NC(=O)[C@H](CC(=O)Nc2ccccc2F)S1. The van der Waals surface area contributed by atoms with Gasteiger partial charge < -0.3 is 16.8 Å². The third-order valence-corrected chi connectivity index (χ3v) is 3.52. The van der Waals surface area contributed by atoms with Crippen molar-refractivity contribution in [3.8, 4) is 0 Å². The molecule has 21 heavy (non-hydrogen) atoms. The molecule has 110 valence electrons. The number of rotatable bonds is 3. The summed E-state index contributed by atoms with van der Waals surface area (Å²) in [6, 6.07) is 5.76. The van der Waals surface area contributed by atoms with Crippen LogP contribution >= 0.6 is 11.8 Å². The number of hydrogen-bond acceptors (Lipinski definition) is 4. The number of carbonyl (C=O) groups excluding carboxylic acids is 2. The lowest BCUT2D eigenvalue weighted by atomic mass is 10.2. The number of nitrogens with one attached hydrogen (secondary N) is 1. The first kappa shape index (κ1) is 15.0. The molecular formula is C12H12FN5O2S. The Morgan fingerprint density at radius 2 is 2.14 bits per heavy atom. The van der Waals surface area contributed by atoms with Gasteiger partial charge in [-0.05, 0) is 12.1 Å². The quantitative estimate of drug-likeness (QED) is 0.552. The number of hydrogen-bond donors (Lipinski definition) is 3. The highest BCUT2D eigenvalue weighted by molar-refractivity contribution is 8.15. The van der Waals surface area contributed by atoms with Gasteiger partial charge in [-0.1, -0.05) is 23.9 Å². The van der Waals surface area contributed by atoms with Crippen molar-refractivity contribution in [2.75, 3.05) is 5.32 Å². The van der Waals surface area contributed by atoms with Crippen molar-refractivity contribution >= 4 is 40.4 Å². The number of guanidine groups is 1. The van der Waals surface area contributed by atoms with Gasteiger partial charge in [-0.3, -0.25) is 9.59 Å². The molecule has 1 aliphatic rings. The molecule has 0 aromatic heterocycles. The average molecular weight is 309 g/mol. The van der Waals surface area contributed by atoms with Gasteiger partial charge in [0, 0.05) is 6.42 Å². The van der Waals surface area contributed by atoms with Crippen LogP contribution in [0.4, 0.5) is 10.1 Å². The highest BCUT2D eigenvalue weighted by Crippen LogP contribution is 2.26. The third-order valence-electron chi connectivity index (χ3n) is 2.47. The number of para-hydroxylation sites is 1. The van der Waals surface area contributed by atoms with Crippen LogP contribution in [0, 0.1) is 5.82 Å². The second-order valence-electron chi connectivity index (χ2n) is 4.11. The number of anilines is 1. The molecule has 0 saturated carbocycles. The van der Waals surface area contributed by atoms with E-state index in [4.69, 9.17) is 11.5 Å². The lowest BCUT2D eigenvalue weighted by Gasteiger charge is -2.08. The van der Waals surface area contributed by atoms with E-state index in [-0.39, 0.29) is 23.2 Å². The fourth-order valence-corrected chi connectivity index (χ4v) is 2.54. The molecule has 1 aliphatic heterocycles. The Balaban J connectivity index is 1.95. The molecule has 1 atom stereocenters. The van der Waals surface area contributed by atoms with E-state index in [9.17, 15) is 14.0 Å². The average Bonchev–Trinajstić information content (AvgIpc) is 2.71. The van der Waals surface area contributed by atoms with Gasteiger partial charge in [0.25, 0.3) is 5.91 Å². The summed E-state index contributed by atoms with van der Waals surface area (Å²) in [6.07, 6.45) is -0.148. The minimum atomic E-state index is -0.713. The molecule has 2 rings (SSSR count). The highest BCUT2D eigenvalue weighted by Gasteiger charge is 2.30. The van der Waals surface area contributed by atoms with Crippen LogP contribution in [-0.2, 0) is 9.59 Å². The second kappa shape index (κ2) is 6.35. The smallest absolute Gasteiger partial charge is 0.262 e. The Morgan fingerprint density at radius 3 is 2.81 bits per heavy atom. The summed E-state index contributed by atoms with van der Waals surface area (Å²) in [5.41, 5.74) is 10.4. The number of amidine groups is 1. The summed E-state index contributed by atoms with van der Waals surface area (Å²) in [5.74, 6) is -1.75. The molecule has 0 aliphatic carbocycles. The molecule has 5 N–H and O–H groups in total. The Hall–Kier alpha value is -2.42. The van der Waals surface area contributed by atoms with Crippen LogP contribution in [0.15, 0.2) is 34.3 Å². The lowest BCUT2D eigenvalue weighted by molar-refractivity contribution is -0.121. The Labute approximate surface area is 123 Å². The van der Waals surface area contributed by atoms with E-state index in [1.54, 1.807) is 6.07 Å². The van der Waals surface area contributed by atoms with Crippen molar-refractivity contribution in [2.45, 2.75) is 11.7 Å². The van der Waals surface area contributed by atoms with Crippen LogP contribution in [0.5, 0.6) is 0 Å². The van der Waals surface area contributed by atoms with Crippen LogP contribution in [0.1, 0.15) is 6.42 Å². The predicted octanol–water partition coefficient (Wildman–Crippen LogP) is 0.426. The van der Waals surface area contributed by atoms with Gasteiger partial charge >= 0.3 is 0 Å². The van der Waals surface area contributed by atoms with Crippen LogP contribution < -0.4 is 16.8 Å². The van der Waals surface area contributed by atoms with Crippen molar-refractivity contribution in [2.24, 2.45) is 21.5 Å². The molecule has 0 radical (unpaired) electrons. The van der Waals surface area contributed by atoms with Crippen LogP contribution in [-0.4, -0.2) is 28.2 Å². The molecule has 9 heteroatoms. The van der Waals surface area contributed by atoms with Crippen LogP contribution in [0.2, 0.25) is 0 Å². The fraction of sp³-hybridized carbons (Fsp3) is 0.167. The van der Waals surface area contributed by atoms with E-state index < -0.39 is 22.9 Å². The molecule has 0 saturated heterocycles. The molecule has 1 aromatic carbocycles. The summed E-state index contributed by atoms with van der Waals surface area (Å²) in [4.78, 5) is 30.7. The van der Waals surface area contributed by atoms with Gasteiger partial charge in [0.15, 0.2) is 11.1 Å². The zero-order chi connectivity index (χ0) is 15.4. The summed E-state index contributed by atoms with van der Waals surface area (Å²) >= 11 is 0.989. The number of carbonyl (C=O) groups is 2. The molecule has 2 amide bonds. The van der Waals surface area contributed by atoms with Crippen LogP contribution in [0.25, 0.3) is 0 Å². The number of aliphatic imine (C=N–C) groups is 2. The summed E-state index contributed by atoms with van der Waals surface area (Å²) in [5, 5.41) is 1.80. The Bertz CT molecular complexity index is 642. The maximum atomic E-state index is 13.4. The van der Waals surface area contributed by atoms with Gasteiger partial charge in [-0.2, -0.15) is 9.98 Å². The first-order chi connectivity index (χ1) is 9.95. The maximum Gasteiger partial charge on any atom is 0.262 e. The number of halogens is 1. The molecule has 7 nitrogen and oxygen atoms in total. The predicted molar refractivity (Wildman–Crippen MR) is 79.3 cm³/mol. The number of nitrogens with zero attached hydrogens (tertiary/aromatic N) is 2. The molecule has 1 heterocycles. The lowest BCUT2D eigenvalue weighted by Crippen LogP contribution is -2.23. The second-order valence-corrected chi connectivity index (χ2v) is 5.28. The zero-order valence-electron chi connectivity index (χ0n) is 10.7. The van der Waals surface area contributed by atoms with Crippen molar-refractivity contribution in [3.05, 3.63) is 30.1 Å². The van der Waals surface area contributed by atoms with Gasteiger partial charge in [-0.25, -0.2) is 4.39 Å². The molecular weight excluding hydrogens is 297 g/mol. The number of nitrogens with two attached hydrogens (primary N) is 2. The topological polar surface area (TPSA) is 123 Å². The molecule has 0 unspecified atom stereocenters. The molecule has 1 aromatic rings. The van der Waals surface area contributed by atoms with E-state index in [2.05, 4.69) is 15.3 Å². The van der Waals surface area contributed by atoms with E-state index in [1.807, 2.05) is 0 Å². The van der Waals surface area contributed by atoms with Crippen LogP contribution in [0.3, 0.4) is 0 Å². The standard InChI is InChI=1S/C12H12FN5O2S/c13-6-3-1-2-4-7(6)16-9(19)5-8-10(20)17-12(21-8)18-11(14)15/h1-4,8H,5H2,(H,16,19)(H4,14,15,17,18,20)/t8-/m0/s1. The maximum absolute atomic E-state index is 13.4. The molecule has 0 fully saturated rings. The Morgan fingerprint density at radius 1 is 1.43 bits per heavy atom. The first-order valence-electron chi connectivity index (χ1n) is 5.89. The van der Waals surface area contributed by atoms with Crippen molar-refractivity contribution in [1.82, 2.24) is 0 Å². The fourth-order valence-electron chi connectivity index (χ4n) is 1.59. The largest absolute Gasteiger partial charge is 0.370 e. The Kier molecular flexibility index (Phi) is 4.53. The monoisotopic (exact) mass is 309 g/mol. The van der Waals surface area contributed by atoms with Gasteiger partial charge in [0.05, 0.1) is 5.69 Å². The van der Waals surface area contributed by atoms with Crippen molar-refractivity contribution < 1.29 is 14.0 Å². The zero-order valence-corrected chi connectivity index (χ0v) is 11.6. The third kappa shape index (κ3) is 4.02. The first-order valence-corrected chi connectivity index (χ1v) is 6.77. The molecule has 0 bridgehead atoms. The van der Waals surface area contributed by atoms with Gasteiger partial charge in [0.1, 0.15) is 11.1 Å². The number of benzene rings is 1. The van der Waals surface area contributed by atoms with Crippen molar-refractivity contribution in [1.29, 1.82) is 0 Å². The van der Waals surface area contributed by atoms with E-state index >= 15 is 0 Å². The minimum Gasteiger partial charge on any atom is -0.370 e. The summed E-state index contributed by atoms with van der Waals surface area (Å²) in [6.45, 7) is 0. The minimum absolute atomic E-state index is 0.0586. The van der Waals surface area contributed by atoms with E-state index in [0.29, 0.717) is 0 Å². The van der Waals surface area contributed by atoms with E-state index in [0.717, 1.165) is 11.8 Å². The summed E-state index contributed by atoms with van der Waals surface area (Å²) < 4.78 is 13.4. The van der Waals surface area contributed by atoms with Gasteiger partial charge in [0.2, 0.25) is 5.91 Å². The van der Waals surface area contributed by atoms with E-state index in [1.165, 1.54) is 18.2 Å². The van der Waals surface area contributed by atoms with Crippen molar-refractivity contribution in [3.63, 3.8) is 0 Å². The number of thioether (sulfide) groups is 1. The van der Waals surface area contributed by atoms with Gasteiger partial charge in [-0.15, -0.1) is 0 Å². The highest BCUT2D eigenvalue weighted by atomic mass is 32.2. The number of amides is 2. The normalized spacial score (nSPS) is 17.3.